The van der Waals surface area contributed by atoms with Crippen LogP contribution in [0.1, 0.15) is 19.3 Å². The van der Waals surface area contributed by atoms with Gasteiger partial charge in [0.25, 0.3) is 0 Å². The maximum Gasteiger partial charge on any atom is 0.0555 e. The second-order valence-corrected chi connectivity index (χ2v) is 4.86. The van der Waals surface area contributed by atoms with Crippen molar-refractivity contribution in [3.63, 3.8) is 0 Å². The smallest absolute Gasteiger partial charge is 0.0555 e. The lowest BCUT2D eigenvalue weighted by atomic mass is 10.3. The third-order valence-electron chi connectivity index (χ3n) is 2.98. The molecule has 0 aromatic heterocycles. The number of aliphatic carboxylic acids is 4. The molecule has 10 nitrogen and oxygen atoms in total. The van der Waals surface area contributed by atoms with Crippen LogP contribution in [0.25, 0.3) is 0 Å². The van der Waals surface area contributed by atoms with E-state index in [1.54, 1.807) is 0 Å². The van der Waals surface area contributed by atoms with E-state index in [-0.39, 0.29) is 52.0 Å². The second-order valence-electron chi connectivity index (χ2n) is 4.86. The predicted octanol–water partition coefficient (Wildman–Crippen LogP) is -6.24. The van der Waals surface area contributed by atoms with Gasteiger partial charge in [0.15, 0.2) is 0 Å². The first kappa shape index (κ1) is 20.8. The standard InChI is InChI=1S/C13H22N2O8/c16-10(17)1-4-14(5-2-11(18)19)7-8-15(9-13(22)23)6-3-12(20)21/h1-9H2,(H,16,17)(H,18,19)(H,20,21)(H,22,23)/p-4. The van der Waals surface area contributed by atoms with Crippen LogP contribution < -0.4 is 20.4 Å². The molecule has 0 saturated heterocycles. The molecule has 132 valence electrons. The Bertz CT molecular complexity index is 408. The van der Waals surface area contributed by atoms with E-state index in [2.05, 4.69) is 0 Å². The van der Waals surface area contributed by atoms with Gasteiger partial charge in [-0.3, -0.25) is 4.90 Å². The van der Waals surface area contributed by atoms with Crippen LogP contribution in [0.15, 0.2) is 0 Å². The van der Waals surface area contributed by atoms with E-state index >= 15 is 0 Å². The number of rotatable bonds is 14. The van der Waals surface area contributed by atoms with Crippen molar-refractivity contribution in [2.45, 2.75) is 19.3 Å². The average molecular weight is 330 g/mol. The largest absolute Gasteiger partial charge is 0.550 e. The van der Waals surface area contributed by atoms with Gasteiger partial charge in [-0.2, -0.15) is 0 Å². The van der Waals surface area contributed by atoms with Gasteiger partial charge >= 0.3 is 0 Å². The van der Waals surface area contributed by atoms with Gasteiger partial charge in [-0.1, -0.05) is 0 Å². The van der Waals surface area contributed by atoms with Crippen molar-refractivity contribution in [3.8, 4) is 0 Å². The molecule has 0 aliphatic heterocycles. The lowest BCUT2D eigenvalue weighted by molar-refractivity contribution is -0.309. The lowest BCUT2D eigenvalue weighted by Crippen LogP contribution is -2.44. The van der Waals surface area contributed by atoms with Gasteiger partial charge in [0.2, 0.25) is 0 Å². The third-order valence-corrected chi connectivity index (χ3v) is 2.98. The monoisotopic (exact) mass is 330 g/mol. The zero-order valence-corrected chi connectivity index (χ0v) is 12.5. The normalized spacial score (nSPS) is 10.9. The summed E-state index contributed by atoms with van der Waals surface area (Å²) in [6, 6.07) is 0. The third kappa shape index (κ3) is 13.2. The van der Waals surface area contributed by atoms with Crippen molar-refractivity contribution >= 4 is 23.9 Å². The molecule has 23 heavy (non-hydrogen) atoms. The summed E-state index contributed by atoms with van der Waals surface area (Å²) in [6.07, 6.45) is -0.996. The van der Waals surface area contributed by atoms with Crippen molar-refractivity contribution in [3.05, 3.63) is 0 Å². The molecule has 0 atom stereocenters. The van der Waals surface area contributed by atoms with Crippen LogP contribution in [0, 0.1) is 0 Å². The van der Waals surface area contributed by atoms with Crippen molar-refractivity contribution in [1.29, 1.82) is 0 Å². The highest BCUT2D eigenvalue weighted by molar-refractivity contribution is 5.67. The van der Waals surface area contributed by atoms with E-state index in [1.807, 2.05) is 0 Å². The molecule has 0 saturated carbocycles. The van der Waals surface area contributed by atoms with Crippen LogP contribution in [0.4, 0.5) is 0 Å². The molecular weight excluding hydrogens is 312 g/mol. The molecule has 0 fully saturated rings. The maximum absolute atomic E-state index is 10.6. The van der Waals surface area contributed by atoms with E-state index in [1.165, 1.54) is 9.80 Å². The molecule has 0 heterocycles. The summed E-state index contributed by atoms with van der Waals surface area (Å²) in [5.74, 6) is -5.32. The average Bonchev–Trinajstić information content (AvgIpc) is 2.42. The van der Waals surface area contributed by atoms with Crippen molar-refractivity contribution < 1.29 is 39.6 Å². The summed E-state index contributed by atoms with van der Waals surface area (Å²) in [6.45, 7) is -0.278. The van der Waals surface area contributed by atoms with Crippen LogP contribution in [-0.4, -0.2) is 72.9 Å². The Labute approximate surface area is 132 Å². The molecule has 0 rings (SSSR count). The molecular formula is C13H18N2O8-4. The van der Waals surface area contributed by atoms with Crippen molar-refractivity contribution in [1.82, 2.24) is 9.80 Å². The van der Waals surface area contributed by atoms with Crippen LogP contribution in [0.5, 0.6) is 0 Å². The number of carboxylic acid groups (broad SMARTS) is 4. The molecule has 0 aliphatic carbocycles. The Balaban J connectivity index is 4.51. The molecule has 0 N–H and O–H groups in total. The highest BCUT2D eigenvalue weighted by atomic mass is 16.4. The Morgan fingerprint density at radius 3 is 1.22 bits per heavy atom. The zero-order chi connectivity index (χ0) is 17.8. The Kier molecular flexibility index (Phi) is 10.3. The molecule has 0 radical (unpaired) electrons. The molecule has 0 aromatic rings. The Hall–Kier alpha value is -2.20. The molecule has 0 aromatic carbocycles. The van der Waals surface area contributed by atoms with Crippen molar-refractivity contribution in [2.75, 3.05) is 39.3 Å². The fraction of sp³-hybridized carbons (Fsp3) is 0.692. The van der Waals surface area contributed by atoms with E-state index in [0.29, 0.717) is 0 Å². The lowest BCUT2D eigenvalue weighted by Gasteiger charge is -2.28. The van der Waals surface area contributed by atoms with Gasteiger partial charge in [-0.05, 0) is 19.3 Å². The summed E-state index contributed by atoms with van der Waals surface area (Å²) in [4.78, 5) is 44.8. The minimum Gasteiger partial charge on any atom is -0.550 e. The predicted molar refractivity (Wildman–Crippen MR) is 66.8 cm³/mol. The number of carbonyl (C=O) groups is 4. The van der Waals surface area contributed by atoms with Gasteiger partial charge in [0, 0.05) is 57.2 Å². The number of carbonyl (C=O) groups excluding carboxylic acids is 4. The molecule has 0 aliphatic rings. The van der Waals surface area contributed by atoms with Crippen LogP contribution in [0.2, 0.25) is 0 Å². The van der Waals surface area contributed by atoms with E-state index in [0.717, 1.165) is 0 Å². The van der Waals surface area contributed by atoms with Crippen LogP contribution in [-0.2, 0) is 19.2 Å². The fourth-order valence-corrected chi connectivity index (χ4v) is 1.82. The minimum atomic E-state index is -1.39. The first-order valence-electron chi connectivity index (χ1n) is 6.94. The first-order valence-corrected chi connectivity index (χ1v) is 6.94. The van der Waals surface area contributed by atoms with E-state index in [9.17, 15) is 39.6 Å². The van der Waals surface area contributed by atoms with Gasteiger partial charge in [-0.25, -0.2) is 0 Å². The molecule has 10 heteroatoms. The summed E-state index contributed by atoms with van der Waals surface area (Å²) < 4.78 is 0. The summed E-state index contributed by atoms with van der Waals surface area (Å²) >= 11 is 0. The first-order chi connectivity index (χ1) is 10.7. The summed E-state index contributed by atoms with van der Waals surface area (Å²) in [7, 11) is 0. The SMILES string of the molecule is O=C([O-])CCN(CCC(=O)[O-])CCN(CCC(=O)[O-])CC(=O)[O-]. The van der Waals surface area contributed by atoms with Gasteiger partial charge < -0.3 is 44.5 Å². The quantitative estimate of drug-likeness (QED) is 0.299. The highest BCUT2D eigenvalue weighted by Crippen LogP contribution is 1.98. The minimum absolute atomic E-state index is 0.0231. The van der Waals surface area contributed by atoms with Crippen molar-refractivity contribution in [2.24, 2.45) is 0 Å². The Morgan fingerprint density at radius 2 is 0.870 bits per heavy atom. The number of hydrogen-bond acceptors (Lipinski definition) is 10. The van der Waals surface area contributed by atoms with Gasteiger partial charge in [0.1, 0.15) is 0 Å². The fourth-order valence-electron chi connectivity index (χ4n) is 1.82. The summed E-state index contributed by atoms with van der Waals surface area (Å²) in [5.41, 5.74) is 0. The molecule has 0 unspecified atom stereocenters. The molecule has 0 bridgehead atoms. The zero-order valence-electron chi connectivity index (χ0n) is 12.5. The second kappa shape index (κ2) is 11.4. The molecule has 0 amide bonds. The number of nitrogens with zero attached hydrogens (tertiary/aromatic N) is 2. The van der Waals surface area contributed by atoms with Crippen LogP contribution >= 0.6 is 0 Å². The van der Waals surface area contributed by atoms with Gasteiger partial charge in [-0.15, -0.1) is 0 Å². The number of carboxylic acids is 4. The highest BCUT2D eigenvalue weighted by Gasteiger charge is 2.10. The molecule has 0 spiro atoms. The van der Waals surface area contributed by atoms with E-state index in [4.69, 9.17) is 0 Å². The maximum atomic E-state index is 10.6. The van der Waals surface area contributed by atoms with Gasteiger partial charge in [0.05, 0.1) is 5.97 Å². The van der Waals surface area contributed by atoms with E-state index < -0.39 is 30.4 Å². The van der Waals surface area contributed by atoms with Crippen LogP contribution in [0.3, 0.4) is 0 Å². The topological polar surface area (TPSA) is 167 Å². The number of hydrogen-bond donors (Lipinski definition) is 0. The Morgan fingerprint density at radius 1 is 0.522 bits per heavy atom. The summed E-state index contributed by atoms with van der Waals surface area (Å²) in [5, 5.41) is 42.0.